The van der Waals surface area contributed by atoms with Crippen LogP contribution in [-0.4, -0.2) is 67.3 Å². The van der Waals surface area contributed by atoms with Crippen LogP contribution in [0, 0.1) is 0 Å². The number of nitrogens with zero attached hydrogens (tertiary/aromatic N) is 1. The molecule has 132 valence electrons. The van der Waals surface area contributed by atoms with Crippen LogP contribution in [0.3, 0.4) is 0 Å². The van der Waals surface area contributed by atoms with Crippen LogP contribution in [0.15, 0.2) is 24.3 Å². The normalized spacial score (nSPS) is 16.4. The zero-order valence-electron chi connectivity index (χ0n) is 14.0. The third-order valence-electron chi connectivity index (χ3n) is 3.93. The third-order valence-corrected chi connectivity index (χ3v) is 3.93. The van der Waals surface area contributed by atoms with Crippen molar-refractivity contribution in [3.05, 3.63) is 29.8 Å². The number of benzene rings is 1. The molecule has 24 heavy (non-hydrogen) atoms. The summed E-state index contributed by atoms with van der Waals surface area (Å²) in [6.45, 7) is 6.18. The molecule has 1 aliphatic heterocycles. The minimum Gasteiger partial charge on any atom is -0.480 e. The second-order valence-electron chi connectivity index (χ2n) is 5.95. The monoisotopic (exact) mass is 335 g/mol. The van der Waals surface area contributed by atoms with E-state index >= 15 is 0 Å². The fourth-order valence-corrected chi connectivity index (χ4v) is 2.53. The molecule has 0 saturated carbocycles. The van der Waals surface area contributed by atoms with Gasteiger partial charge in [0.1, 0.15) is 6.54 Å². The van der Waals surface area contributed by atoms with Crippen LogP contribution >= 0.6 is 0 Å². The molecular weight excluding hydrogens is 310 g/mol. The molecule has 1 fully saturated rings. The van der Waals surface area contributed by atoms with Crippen LogP contribution in [0.1, 0.15) is 23.7 Å². The van der Waals surface area contributed by atoms with Crippen molar-refractivity contribution in [2.45, 2.75) is 19.4 Å². The molecule has 3 N–H and O–H groups in total. The first kappa shape index (κ1) is 18.2. The molecular formula is C17H25N3O4. The molecule has 1 aromatic carbocycles. The number of ether oxygens (including phenoxy) is 1. The van der Waals surface area contributed by atoms with Crippen LogP contribution in [-0.2, 0) is 9.53 Å². The summed E-state index contributed by atoms with van der Waals surface area (Å²) in [6, 6.07) is 6.91. The maximum absolute atomic E-state index is 12.3. The van der Waals surface area contributed by atoms with E-state index in [1.54, 1.807) is 24.3 Å². The molecule has 0 spiro atoms. The predicted octanol–water partition coefficient (Wildman–Crippen LogP) is 1.02. The largest absolute Gasteiger partial charge is 0.480 e. The Morgan fingerprint density at radius 3 is 2.79 bits per heavy atom. The van der Waals surface area contributed by atoms with Gasteiger partial charge in [0, 0.05) is 36.9 Å². The SMILES string of the molecule is CC(CCN1CCOCC1)NC(=O)c1cccc(NCC(=O)O)c1. The summed E-state index contributed by atoms with van der Waals surface area (Å²) in [6.07, 6.45) is 0.878. The molecule has 1 atom stereocenters. The van der Waals surface area contributed by atoms with Crippen LogP contribution in [0.2, 0.25) is 0 Å². The smallest absolute Gasteiger partial charge is 0.322 e. The van der Waals surface area contributed by atoms with E-state index in [2.05, 4.69) is 15.5 Å². The Bertz CT molecular complexity index is 559. The fraction of sp³-hybridized carbons (Fsp3) is 0.529. The van der Waals surface area contributed by atoms with Gasteiger partial charge in [0.2, 0.25) is 0 Å². The van der Waals surface area contributed by atoms with E-state index < -0.39 is 5.97 Å². The Morgan fingerprint density at radius 1 is 1.33 bits per heavy atom. The number of nitrogens with one attached hydrogen (secondary N) is 2. The highest BCUT2D eigenvalue weighted by molar-refractivity contribution is 5.95. The predicted molar refractivity (Wildman–Crippen MR) is 91.4 cm³/mol. The Kier molecular flexibility index (Phi) is 7.02. The molecule has 1 amide bonds. The standard InChI is InChI=1S/C17H25N3O4/c1-13(5-6-20-7-9-24-10-8-20)19-17(23)14-3-2-4-15(11-14)18-12-16(21)22/h2-4,11,13,18H,5-10,12H2,1H3,(H,19,23)(H,21,22). The summed E-state index contributed by atoms with van der Waals surface area (Å²) < 4.78 is 5.32. The minimum atomic E-state index is -0.943. The van der Waals surface area contributed by atoms with E-state index in [-0.39, 0.29) is 18.5 Å². The van der Waals surface area contributed by atoms with E-state index in [0.717, 1.165) is 39.3 Å². The number of hydrogen-bond donors (Lipinski definition) is 3. The lowest BCUT2D eigenvalue weighted by Crippen LogP contribution is -2.40. The van der Waals surface area contributed by atoms with Gasteiger partial charge in [-0.25, -0.2) is 0 Å². The van der Waals surface area contributed by atoms with Crippen molar-refractivity contribution in [1.29, 1.82) is 0 Å². The van der Waals surface area contributed by atoms with E-state index in [4.69, 9.17) is 9.84 Å². The lowest BCUT2D eigenvalue weighted by atomic mass is 10.1. The molecule has 1 saturated heterocycles. The summed E-state index contributed by atoms with van der Waals surface area (Å²) in [7, 11) is 0. The zero-order chi connectivity index (χ0) is 17.4. The first-order chi connectivity index (χ1) is 11.5. The van der Waals surface area contributed by atoms with Gasteiger partial charge in [-0.2, -0.15) is 0 Å². The molecule has 1 heterocycles. The van der Waals surface area contributed by atoms with Crippen molar-refractivity contribution in [3.8, 4) is 0 Å². The number of hydrogen-bond acceptors (Lipinski definition) is 5. The molecule has 7 nitrogen and oxygen atoms in total. The number of aliphatic carboxylic acids is 1. The van der Waals surface area contributed by atoms with Crippen molar-refractivity contribution in [2.24, 2.45) is 0 Å². The topological polar surface area (TPSA) is 90.9 Å². The van der Waals surface area contributed by atoms with Crippen molar-refractivity contribution < 1.29 is 19.4 Å². The van der Waals surface area contributed by atoms with E-state index in [1.807, 2.05) is 6.92 Å². The lowest BCUT2D eigenvalue weighted by molar-refractivity contribution is -0.134. The van der Waals surface area contributed by atoms with Gasteiger partial charge in [-0.1, -0.05) is 6.07 Å². The van der Waals surface area contributed by atoms with Gasteiger partial charge >= 0.3 is 5.97 Å². The number of carbonyl (C=O) groups excluding carboxylic acids is 1. The quantitative estimate of drug-likeness (QED) is 0.657. The van der Waals surface area contributed by atoms with Gasteiger partial charge in [-0.15, -0.1) is 0 Å². The second kappa shape index (κ2) is 9.24. The van der Waals surface area contributed by atoms with Gasteiger partial charge in [-0.05, 0) is 31.5 Å². The van der Waals surface area contributed by atoms with E-state index in [0.29, 0.717) is 11.3 Å². The summed E-state index contributed by atoms with van der Waals surface area (Å²) in [4.78, 5) is 25.2. The highest BCUT2D eigenvalue weighted by atomic mass is 16.5. The molecule has 1 aliphatic rings. The Balaban J connectivity index is 1.80. The van der Waals surface area contributed by atoms with Crippen molar-refractivity contribution in [2.75, 3.05) is 44.7 Å². The Hall–Kier alpha value is -2.12. The molecule has 0 radical (unpaired) electrons. The number of amides is 1. The summed E-state index contributed by atoms with van der Waals surface area (Å²) in [5, 5.41) is 14.4. The van der Waals surface area contributed by atoms with Crippen molar-refractivity contribution in [3.63, 3.8) is 0 Å². The number of anilines is 1. The number of carboxylic acids is 1. The lowest BCUT2D eigenvalue weighted by Gasteiger charge is -2.27. The van der Waals surface area contributed by atoms with E-state index in [1.165, 1.54) is 0 Å². The molecule has 0 aliphatic carbocycles. The number of carbonyl (C=O) groups is 2. The molecule has 0 aromatic heterocycles. The second-order valence-corrected chi connectivity index (χ2v) is 5.95. The Labute approximate surface area is 142 Å². The van der Waals surface area contributed by atoms with Gasteiger partial charge in [0.15, 0.2) is 0 Å². The van der Waals surface area contributed by atoms with Crippen molar-refractivity contribution >= 4 is 17.6 Å². The molecule has 2 rings (SSSR count). The van der Waals surface area contributed by atoms with E-state index in [9.17, 15) is 9.59 Å². The minimum absolute atomic E-state index is 0.0657. The van der Waals surface area contributed by atoms with Gasteiger partial charge in [0.25, 0.3) is 5.91 Å². The highest BCUT2D eigenvalue weighted by Gasteiger charge is 2.14. The van der Waals surface area contributed by atoms with Crippen LogP contribution in [0.25, 0.3) is 0 Å². The zero-order valence-corrected chi connectivity index (χ0v) is 14.0. The molecule has 1 unspecified atom stereocenters. The number of rotatable bonds is 8. The molecule has 1 aromatic rings. The summed E-state index contributed by atoms with van der Waals surface area (Å²) >= 11 is 0. The van der Waals surface area contributed by atoms with Crippen LogP contribution in [0.5, 0.6) is 0 Å². The maximum atomic E-state index is 12.3. The first-order valence-corrected chi connectivity index (χ1v) is 8.21. The Morgan fingerprint density at radius 2 is 2.08 bits per heavy atom. The summed E-state index contributed by atoms with van der Waals surface area (Å²) in [5.41, 5.74) is 1.13. The maximum Gasteiger partial charge on any atom is 0.322 e. The average molecular weight is 335 g/mol. The fourth-order valence-electron chi connectivity index (χ4n) is 2.53. The van der Waals surface area contributed by atoms with Gasteiger partial charge in [-0.3, -0.25) is 14.5 Å². The van der Waals surface area contributed by atoms with Gasteiger partial charge in [0.05, 0.1) is 13.2 Å². The third kappa shape index (κ3) is 6.17. The molecule has 7 heteroatoms. The first-order valence-electron chi connectivity index (χ1n) is 8.21. The summed E-state index contributed by atoms with van der Waals surface area (Å²) in [5.74, 6) is -1.09. The van der Waals surface area contributed by atoms with Crippen molar-refractivity contribution in [1.82, 2.24) is 10.2 Å². The highest BCUT2D eigenvalue weighted by Crippen LogP contribution is 2.11. The number of carboxylic acid groups (broad SMARTS) is 1. The van der Waals surface area contributed by atoms with Crippen LogP contribution < -0.4 is 10.6 Å². The average Bonchev–Trinajstić information content (AvgIpc) is 2.59. The molecule has 0 bridgehead atoms. The number of morpholine rings is 1. The van der Waals surface area contributed by atoms with Crippen LogP contribution in [0.4, 0.5) is 5.69 Å². The van der Waals surface area contributed by atoms with Gasteiger partial charge < -0.3 is 20.5 Å².